The molecule has 2 aliphatic heterocycles. The summed E-state index contributed by atoms with van der Waals surface area (Å²) in [7, 11) is 0. The number of aliphatic hydroxyl groups excluding tert-OH is 1. The zero-order valence-corrected chi connectivity index (χ0v) is 20.7. The van der Waals surface area contributed by atoms with Gasteiger partial charge in [-0.05, 0) is 53.4 Å². The third-order valence-electron chi connectivity index (χ3n) is 6.19. The number of fused-ring (bicyclic) bond motifs is 1. The van der Waals surface area contributed by atoms with Gasteiger partial charge in [-0.15, -0.1) is 0 Å². The number of benzene rings is 2. The quantitative estimate of drug-likeness (QED) is 0.290. The highest BCUT2D eigenvalue weighted by Gasteiger charge is 2.46. The van der Waals surface area contributed by atoms with Crippen molar-refractivity contribution < 1.29 is 28.9 Å². The maximum atomic E-state index is 13.4. The van der Waals surface area contributed by atoms with Gasteiger partial charge in [0.05, 0.1) is 18.2 Å². The minimum atomic E-state index is -0.823. The second-order valence-corrected chi connectivity index (χ2v) is 9.42. The summed E-state index contributed by atoms with van der Waals surface area (Å²) in [6, 6.07) is 15.0. The minimum Gasteiger partial charge on any atom is -0.507 e. The lowest BCUT2D eigenvalue weighted by atomic mass is 9.95. The molecule has 8 nitrogen and oxygen atoms in total. The van der Waals surface area contributed by atoms with Crippen LogP contribution in [-0.2, 0) is 16.1 Å². The topological polar surface area (TPSA) is 98.2 Å². The van der Waals surface area contributed by atoms with Gasteiger partial charge in [0, 0.05) is 24.5 Å². The molecule has 1 unspecified atom stereocenters. The number of amides is 1. The standard InChI is InChI=1S/C29H28N2O6/c1-18(2)17-37-22-7-3-6-20(13-22)26-25(27(32)21-8-9-23-24(14-21)36-12-11-35-23)28(33)29(34)31(26)16-19-5-4-10-30-15-19/h3-10,13-15,18,26,32H,11-12,16-17H2,1-2H3/b27-25-. The van der Waals surface area contributed by atoms with Crippen LogP contribution >= 0.6 is 0 Å². The summed E-state index contributed by atoms with van der Waals surface area (Å²) in [6.07, 6.45) is 3.30. The van der Waals surface area contributed by atoms with Gasteiger partial charge in [0.1, 0.15) is 24.7 Å². The fourth-order valence-electron chi connectivity index (χ4n) is 4.46. The molecule has 3 heterocycles. The molecule has 1 fully saturated rings. The van der Waals surface area contributed by atoms with Crippen molar-refractivity contribution >= 4 is 17.4 Å². The number of aromatic nitrogens is 1. The molecule has 3 aromatic rings. The van der Waals surface area contributed by atoms with E-state index in [-0.39, 0.29) is 17.9 Å². The first-order valence-electron chi connectivity index (χ1n) is 12.2. The van der Waals surface area contributed by atoms with Crippen molar-refractivity contribution in [2.75, 3.05) is 19.8 Å². The molecule has 0 spiro atoms. The van der Waals surface area contributed by atoms with Crippen LogP contribution in [0.1, 0.15) is 36.6 Å². The Bertz CT molecular complexity index is 1350. The minimum absolute atomic E-state index is 0.00609. The summed E-state index contributed by atoms with van der Waals surface area (Å²) in [6.45, 7) is 5.61. The maximum Gasteiger partial charge on any atom is 0.295 e. The van der Waals surface area contributed by atoms with Gasteiger partial charge in [0.2, 0.25) is 0 Å². The lowest BCUT2D eigenvalue weighted by molar-refractivity contribution is -0.140. The van der Waals surface area contributed by atoms with Crippen molar-refractivity contribution in [3.05, 3.63) is 89.3 Å². The van der Waals surface area contributed by atoms with Gasteiger partial charge in [0.25, 0.3) is 11.7 Å². The van der Waals surface area contributed by atoms with Crippen LogP contribution in [0, 0.1) is 5.92 Å². The Labute approximate surface area is 215 Å². The number of aliphatic hydroxyl groups is 1. The highest BCUT2D eigenvalue weighted by atomic mass is 16.6. The summed E-state index contributed by atoms with van der Waals surface area (Å²) in [4.78, 5) is 32.3. The zero-order chi connectivity index (χ0) is 25.9. The number of likely N-dealkylation sites (tertiary alicyclic amines) is 1. The van der Waals surface area contributed by atoms with Gasteiger partial charge < -0.3 is 24.2 Å². The smallest absolute Gasteiger partial charge is 0.295 e. The summed E-state index contributed by atoms with van der Waals surface area (Å²) in [5.41, 5.74) is 1.79. The van der Waals surface area contributed by atoms with Crippen molar-refractivity contribution in [2.45, 2.75) is 26.4 Å². The van der Waals surface area contributed by atoms with E-state index in [9.17, 15) is 14.7 Å². The van der Waals surface area contributed by atoms with Crippen LogP contribution in [0.2, 0.25) is 0 Å². The summed E-state index contributed by atoms with van der Waals surface area (Å²) in [5.74, 6) is 0.262. The van der Waals surface area contributed by atoms with Gasteiger partial charge in [-0.25, -0.2) is 0 Å². The van der Waals surface area contributed by atoms with Crippen LogP contribution in [0.15, 0.2) is 72.6 Å². The predicted molar refractivity (Wildman–Crippen MR) is 136 cm³/mol. The zero-order valence-electron chi connectivity index (χ0n) is 20.7. The van der Waals surface area contributed by atoms with Crippen LogP contribution in [0.5, 0.6) is 17.2 Å². The Balaban J connectivity index is 1.60. The lowest BCUT2D eigenvalue weighted by Gasteiger charge is -2.26. The SMILES string of the molecule is CC(C)COc1cccc(C2/C(=C(/O)c3ccc4c(c3)OCCO4)C(=O)C(=O)N2Cc2cccnc2)c1. The second kappa shape index (κ2) is 10.3. The number of carbonyl (C=O) groups excluding carboxylic acids is 2. The molecule has 1 atom stereocenters. The summed E-state index contributed by atoms with van der Waals surface area (Å²) < 4.78 is 17.1. The van der Waals surface area contributed by atoms with Crippen molar-refractivity contribution in [1.82, 2.24) is 9.88 Å². The van der Waals surface area contributed by atoms with E-state index in [4.69, 9.17) is 14.2 Å². The van der Waals surface area contributed by atoms with E-state index in [1.165, 1.54) is 4.90 Å². The lowest BCUT2D eigenvalue weighted by Crippen LogP contribution is -2.29. The number of Topliss-reactive ketones (excluding diaryl/α,β-unsaturated/α-hetero) is 1. The molecule has 2 aromatic carbocycles. The Morgan fingerprint density at radius 2 is 1.89 bits per heavy atom. The molecule has 0 radical (unpaired) electrons. The van der Waals surface area contributed by atoms with E-state index in [1.54, 1.807) is 36.7 Å². The van der Waals surface area contributed by atoms with E-state index >= 15 is 0 Å². The molecule has 0 saturated carbocycles. The predicted octanol–water partition coefficient (Wildman–Crippen LogP) is 4.51. The van der Waals surface area contributed by atoms with Crippen LogP contribution in [0.3, 0.4) is 0 Å². The Hall–Kier alpha value is -4.33. The number of nitrogens with zero attached hydrogens (tertiary/aromatic N) is 2. The van der Waals surface area contributed by atoms with Gasteiger partial charge in [0.15, 0.2) is 11.5 Å². The molecule has 0 bridgehead atoms. The first-order chi connectivity index (χ1) is 17.9. The molecule has 1 amide bonds. The molecule has 1 N–H and O–H groups in total. The van der Waals surface area contributed by atoms with Gasteiger partial charge in [-0.2, -0.15) is 0 Å². The number of ketones is 1. The average Bonchev–Trinajstić information content (AvgIpc) is 3.17. The molecule has 1 aromatic heterocycles. The Morgan fingerprint density at radius 1 is 1.08 bits per heavy atom. The van der Waals surface area contributed by atoms with Crippen LogP contribution in [-0.4, -0.2) is 46.5 Å². The summed E-state index contributed by atoms with van der Waals surface area (Å²) >= 11 is 0. The number of hydrogen-bond donors (Lipinski definition) is 1. The number of hydrogen-bond acceptors (Lipinski definition) is 7. The molecule has 0 aliphatic carbocycles. The third-order valence-corrected chi connectivity index (χ3v) is 6.19. The highest BCUT2D eigenvalue weighted by molar-refractivity contribution is 6.46. The molecular weight excluding hydrogens is 472 g/mol. The Kier molecular flexibility index (Phi) is 6.81. The number of rotatable bonds is 7. The van der Waals surface area contributed by atoms with E-state index in [0.29, 0.717) is 54.1 Å². The van der Waals surface area contributed by atoms with Gasteiger partial charge in [-0.1, -0.05) is 32.0 Å². The first-order valence-corrected chi connectivity index (χ1v) is 12.2. The molecule has 37 heavy (non-hydrogen) atoms. The van der Waals surface area contributed by atoms with E-state index < -0.39 is 17.7 Å². The van der Waals surface area contributed by atoms with Crippen LogP contribution in [0.25, 0.3) is 5.76 Å². The molecule has 1 saturated heterocycles. The monoisotopic (exact) mass is 500 g/mol. The van der Waals surface area contributed by atoms with Gasteiger partial charge >= 0.3 is 0 Å². The number of pyridine rings is 1. The third kappa shape index (κ3) is 5.00. The van der Waals surface area contributed by atoms with Crippen molar-refractivity contribution in [1.29, 1.82) is 0 Å². The van der Waals surface area contributed by atoms with Crippen LogP contribution in [0.4, 0.5) is 0 Å². The van der Waals surface area contributed by atoms with Crippen molar-refractivity contribution in [3.63, 3.8) is 0 Å². The summed E-state index contributed by atoms with van der Waals surface area (Å²) in [5, 5.41) is 11.4. The van der Waals surface area contributed by atoms with E-state index in [2.05, 4.69) is 18.8 Å². The largest absolute Gasteiger partial charge is 0.507 e. The van der Waals surface area contributed by atoms with Gasteiger partial charge in [-0.3, -0.25) is 14.6 Å². The molecule has 190 valence electrons. The maximum absolute atomic E-state index is 13.4. The molecule has 2 aliphatic rings. The fourth-order valence-corrected chi connectivity index (χ4v) is 4.46. The Morgan fingerprint density at radius 3 is 2.65 bits per heavy atom. The molecule has 5 rings (SSSR count). The normalized spacial score (nSPS) is 18.4. The molecule has 8 heteroatoms. The van der Waals surface area contributed by atoms with Crippen molar-refractivity contribution in [2.24, 2.45) is 5.92 Å². The highest BCUT2D eigenvalue weighted by Crippen LogP contribution is 2.42. The van der Waals surface area contributed by atoms with E-state index in [1.807, 2.05) is 30.3 Å². The van der Waals surface area contributed by atoms with E-state index in [0.717, 1.165) is 5.56 Å². The second-order valence-electron chi connectivity index (χ2n) is 9.42. The fraction of sp³-hybridized carbons (Fsp3) is 0.276. The first kappa shape index (κ1) is 24.4. The van der Waals surface area contributed by atoms with Crippen molar-refractivity contribution in [3.8, 4) is 17.2 Å². The average molecular weight is 501 g/mol. The molecular formula is C29H28N2O6. The number of ether oxygens (including phenoxy) is 3. The number of carbonyl (C=O) groups is 2. The van der Waals surface area contributed by atoms with Crippen LogP contribution < -0.4 is 14.2 Å².